The Balaban J connectivity index is 2.85. The quantitative estimate of drug-likeness (QED) is 0.465. The van der Waals surface area contributed by atoms with E-state index in [1.165, 1.54) is 19.2 Å². The molecule has 72 valence electrons. The van der Waals surface area contributed by atoms with Crippen molar-refractivity contribution in [3.63, 3.8) is 0 Å². The van der Waals surface area contributed by atoms with E-state index in [0.717, 1.165) is 0 Å². The van der Waals surface area contributed by atoms with E-state index in [-0.39, 0.29) is 5.69 Å². The number of aliphatic hydroxyl groups excluding tert-OH is 1. The highest BCUT2D eigenvalue weighted by Gasteiger charge is 2.17. The molecule has 1 aromatic rings. The molecule has 0 fully saturated rings. The lowest BCUT2D eigenvalue weighted by molar-refractivity contribution is -0.384. The minimum atomic E-state index is -0.738. The number of nitrogens with zero attached hydrogens (tertiary/aromatic N) is 1. The van der Waals surface area contributed by atoms with E-state index in [4.69, 9.17) is 10.8 Å². The third-order valence-electron chi connectivity index (χ3n) is 1.78. The molecule has 0 amide bonds. The van der Waals surface area contributed by atoms with Crippen LogP contribution in [0.5, 0.6) is 0 Å². The highest BCUT2D eigenvalue weighted by Crippen LogP contribution is 2.18. The fourth-order valence-corrected chi connectivity index (χ4v) is 0.958. The first-order valence-corrected chi connectivity index (χ1v) is 3.78. The Bertz CT molecular complexity index is 308. The highest BCUT2D eigenvalue weighted by atomic mass is 16.6. The van der Waals surface area contributed by atoms with Crippen molar-refractivity contribution in [2.24, 2.45) is 5.73 Å². The lowest BCUT2D eigenvalue weighted by Crippen LogP contribution is -2.23. The Morgan fingerprint density at radius 1 is 1.77 bits per heavy atom. The summed E-state index contributed by atoms with van der Waals surface area (Å²) in [6, 6.07) is 0.700. The summed E-state index contributed by atoms with van der Waals surface area (Å²) in [6.45, 7) is 1.53. The molecule has 0 radical (unpaired) electrons. The predicted octanol–water partition coefficient (Wildman–Crippen LogP) is 0.304. The number of nitrogens with one attached hydrogen (secondary N) is 1. The van der Waals surface area contributed by atoms with Crippen LogP contribution in [0.15, 0.2) is 12.3 Å². The van der Waals surface area contributed by atoms with Crippen LogP contribution >= 0.6 is 0 Å². The number of rotatable bonds is 3. The van der Waals surface area contributed by atoms with Gasteiger partial charge in [0.15, 0.2) is 0 Å². The van der Waals surface area contributed by atoms with Gasteiger partial charge in [0.25, 0.3) is 5.69 Å². The molecule has 1 rings (SSSR count). The van der Waals surface area contributed by atoms with Crippen molar-refractivity contribution >= 4 is 5.69 Å². The minimum absolute atomic E-state index is 0.0499. The standard InChI is InChI=1S/C7H11N3O3/c1-4(11)7(8)6-2-5(3-9-6)10(12)13/h2-4,7,9,11H,8H2,1H3/t4-,7-/m0/s1. The smallest absolute Gasteiger partial charge is 0.287 e. The number of nitrogens with two attached hydrogens (primary N) is 1. The van der Waals surface area contributed by atoms with Crippen LogP contribution in [0.2, 0.25) is 0 Å². The van der Waals surface area contributed by atoms with Crippen LogP contribution in [0, 0.1) is 10.1 Å². The van der Waals surface area contributed by atoms with E-state index in [9.17, 15) is 10.1 Å². The van der Waals surface area contributed by atoms with Crippen molar-refractivity contribution < 1.29 is 10.0 Å². The molecule has 1 aromatic heterocycles. The summed E-state index contributed by atoms with van der Waals surface area (Å²) in [5.74, 6) is 0. The van der Waals surface area contributed by atoms with Gasteiger partial charge in [0.05, 0.1) is 23.3 Å². The van der Waals surface area contributed by atoms with E-state index >= 15 is 0 Å². The molecule has 0 aliphatic heterocycles. The zero-order valence-corrected chi connectivity index (χ0v) is 7.10. The van der Waals surface area contributed by atoms with Crippen molar-refractivity contribution in [1.29, 1.82) is 0 Å². The molecule has 0 unspecified atom stereocenters. The summed E-state index contributed by atoms with van der Waals surface area (Å²) in [7, 11) is 0. The van der Waals surface area contributed by atoms with Gasteiger partial charge in [0.2, 0.25) is 0 Å². The number of aromatic nitrogens is 1. The predicted molar refractivity (Wildman–Crippen MR) is 46.1 cm³/mol. The minimum Gasteiger partial charge on any atom is -0.391 e. The van der Waals surface area contributed by atoms with Gasteiger partial charge in [-0.1, -0.05) is 0 Å². The second-order valence-corrected chi connectivity index (χ2v) is 2.84. The van der Waals surface area contributed by atoms with E-state index in [2.05, 4.69) is 4.98 Å². The summed E-state index contributed by atoms with van der Waals surface area (Å²) in [4.78, 5) is 12.4. The first-order valence-electron chi connectivity index (χ1n) is 3.78. The van der Waals surface area contributed by atoms with Gasteiger partial charge in [0, 0.05) is 11.8 Å². The van der Waals surface area contributed by atoms with E-state index in [1.54, 1.807) is 0 Å². The Kier molecular flexibility index (Phi) is 2.64. The molecule has 2 atom stereocenters. The molecule has 0 bridgehead atoms. The average Bonchev–Trinajstić information content (AvgIpc) is 2.50. The van der Waals surface area contributed by atoms with Crippen LogP contribution in [0.3, 0.4) is 0 Å². The Hall–Kier alpha value is -1.40. The lowest BCUT2D eigenvalue weighted by Gasteiger charge is -2.11. The largest absolute Gasteiger partial charge is 0.391 e. The molecule has 0 saturated heterocycles. The summed E-state index contributed by atoms with van der Waals surface area (Å²) in [5.41, 5.74) is 5.96. The fraction of sp³-hybridized carbons (Fsp3) is 0.429. The first-order chi connectivity index (χ1) is 6.02. The van der Waals surface area contributed by atoms with Crippen molar-refractivity contribution in [1.82, 2.24) is 4.98 Å². The molecule has 0 aliphatic carbocycles. The second-order valence-electron chi connectivity index (χ2n) is 2.84. The highest BCUT2D eigenvalue weighted by molar-refractivity contribution is 5.31. The van der Waals surface area contributed by atoms with Gasteiger partial charge in [-0.3, -0.25) is 10.1 Å². The van der Waals surface area contributed by atoms with Gasteiger partial charge >= 0.3 is 0 Å². The van der Waals surface area contributed by atoms with Crippen molar-refractivity contribution in [3.8, 4) is 0 Å². The Labute approximate surface area is 74.5 Å². The number of hydrogen-bond acceptors (Lipinski definition) is 4. The molecular formula is C7H11N3O3. The first kappa shape index (κ1) is 9.69. The maximum Gasteiger partial charge on any atom is 0.287 e. The summed E-state index contributed by atoms with van der Waals surface area (Å²) < 4.78 is 0. The zero-order chi connectivity index (χ0) is 10.0. The van der Waals surface area contributed by atoms with Crippen molar-refractivity contribution in [3.05, 3.63) is 28.1 Å². The molecule has 1 heterocycles. The van der Waals surface area contributed by atoms with Gasteiger partial charge in [-0.05, 0) is 6.92 Å². The molecule has 0 spiro atoms. The molecule has 0 aromatic carbocycles. The third kappa shape index (κ3) is 2.04. The van der Waals surface area contributed by atoms with Crippen molar-refractivity contribution in [2.45, 2.75) is 19.1 Å². The SMILES string of the molecule is C[C@H](O)[C@H](N)c1cc([N+](=O)[O-])c[nH]1. The Morgan fingerprint density at radius 2 is 2.38 bits per heavy atom. The fourth-order valence-electron chi connectivity index (χ4n) is 0.958. The van der Waals surface area contributed by atoms with Crippen LogP contribution in [-0.4, -0.2) is 21.1 Å². The summed E-state index contributed by atoms with van der Waals surface area (Å²) in [6.07, 6.45) is 0.510. The van der Waals surface area contributed by atoms with Gasteiger partial charge < -0.3 is 15.8 Å². The number of H-pyrrole nitrogens is 1. The normalized spacial score (nSPS) is 15.3. The van der Waals surface area contributed by atoms with Crippen LogP contribution < -0.4 is 5.73 Å². The summed E-state index contributed by atoms with van der Waals surface area (Å²) >= 11 is 0. The van der Waals surface area contributed by atoms with E-state index in [1.807, 2.05) is 0 Å². The van der Waals surface area contributed by atoms with E-state index < -0.39 is 17.1 Å². The van der Waals surface area contributed by atoms with Gasteiger partial charge in [0.1, 0.15) is 0 Å². The number of nitro groups is 1. The van der Waals surface area contributed by atoms with Crippen LogP contribution in [0.25, 0.3) is 0 Å². The Morgan fingerprint density at radius 3 is 2.77 bits per heavy atom. The molecule has 0 aliphatic rings. The maximum absolute atomic E-state index is 10.3. The topological polar surface area (TPSA) is 105 Å². The molecular weight excluding hydrogens is 174 g/mol. The monoisotopic (exact) mass is 185 g/mol. The lowest BCUT2D eigenvalue weighted by atomic mass is 10.1. The second kappa shape index (κ2) is 3.55. The van der Waals surface area contributed by atoms with Gasteiger partial charge in [-0.2, -0.15) is 0 Å². The molecule has 6 heteroatoms. The molecule has 0 saturated carbocycles. The maximum atomic E-state index is 10.3. The summed E-state index contributed by atoms with van der Waals surface area (Å²) in [5, 5.41) is 19.4. The zero-order valence-electron chi connectivity index (χ0n) is 7.10. The molecule has 4 N–H and O–H groups in total. The van der Waals surface area contributed by atoms with E-state index in [0.29, 0.717) is 5.69 Å². The molecule has 13 heavy (non-hydrogen) atoms. The van der Waals surface area contributed by atoms with Gasteiger partial charge in [-0.25, -0.2) is 0 Å². The van der Waals surface area contributed by atoms with Crippen LogP contribution in [0.4, 0.5) is 5.69 Å². The van der Waals surface area contributed by atoms with Crippen molar-refractivity contribution in [2.75, 3.05) is 0 Å². The molecule has 6 nitrogen and oxygen atoms in total. The third-order valence-corrected chi connectivity index (χ3v) is 1.78. The van der Waals surface area contributed by atoms with Crippen LogP contribution in [0.1, 0.15) is 18.7 Å². The van der Waals surface area contributed by atoms with Crippen LogP contribution in [-0.2, 0) is 0 Å². The van der Waals surface area contributed by atoms with Gasteiger partial charge in [-0.15, -0.1) is 0 Å². The number of hydrogen-bond donors (Lipinski definition) is 3. The number of aromatic amines is 1. The number of aliphatic hydroxyl groups is 1. The average molecular weight is 185 g/mol.